The summed E-state index contributed by atoms with van der Waals surface area (Å²) in [5.41, 5.74) is 7.01. The predicted octanol–water partition coefficient (Wildman–Crippen LogP) is 3.58. The van der Waals surface area contributed by atoms with Crippen LogP contribution in [0.1, 0.15) is 31.2 Å². The van der Waals surface area contributed by atoms with Crippen LogP contribution >= 0.6 is 23.2 Å². The normalized spacial score (nSPS) is 22.1. The topological polar surface area (TPSA) is 96.7 Å². The first-order valence-corrected chi connectivity index (χ1v) is 11.9. The maximum Gasteiger partial charge on any atom is 0.258 e. The van der Waals surface area contributed by atoms with Crippen LogP contribution in [0.4, 0.5) is 5.69 Å². The molecule has 4 N–H and O–H groups in total. The molecule has 9 heteroatoms. The standard InChI is InChI=1S/C24H28Cl2N4O3/c25-16-3-1-15(2-4-16)13-30-19-6-7-20(30)11-18(10-19)28-24(32)14-33-22-8-5-17(26)9-21(22)29-23(31)12-27/h1-5,8-9,18-20H,6-7,10-14,27H2,(H,28,32)(H,29,31)/t18-,19+,20-. The number of piperidine rings is 1. The Morgan fingerprint density at radius 3 is 2.33 bits per heavy atom. The molecule has 2 amide bonds. The summed E-state index contributed by atoms with van der Waals surface area (Å²) in [4.78, 5) is 26.8. The van der Waals surface area contributed by atoms with E-state index in [0.29, 0.717) is 28.5 Å². The average Bonchev–Trinajstić information content (AvgIpc) is 3.02. The van der Waals surface area contributed by atoms with Crippen molar-refractivity contribution in [3.63, 3.8) is 0 Å². The highest BCUT2D eigenvalue weighted by molar-refractivity contribution is 6.31. The zero-order valence-electron chi connectivity index (χ0n) is 18.2. The zero-order valence-corrected chi connectivity index (χ0v) is 19.7. The minimum atomic E-state index is -0.368. The van der Waals surface area contributed by atoms with Gasteiger partial charge in [0.1, 0.15) is 5.75 Å². The van der Waals surface area contributed by atoms with Crippen molar-refractivity contribution in [2.45, 2.75) is 50.4 Å². The van der Waals surface area contributed by atoms with Crippen molar-refractivity contribution in [3.8, 4) is 5.75 Å². The number of nitrogens with one attached hydrogen (secondary N) is 2. The number of rotatable bonds is 8. The Balaban J connectivity index is 1.29. The van der Waals surface area contributed by atoms with Gasteiger partial charge in [-0.2, -0.15) is 0 Å². The zero-order chi connectivity index (χ0) is 23.4. The van der Waals surface area contributed by atoms with Crippen molar-refractivity contribution in [1.29, 1.82) is 0 Å². The minimum Gasteiger partial charge on any atom is -0.482 e. The van der Waals surface area contributed by atoms with Gasteiger partial charge in [0, 0.05) is 34.7 Å². The summed E-state index contributed by atoms with van der Waals surface area (Å²) in [5, 5.41) is 6.95. The van der Waals surface area contributed by atoms with E-state index >= 15 is 0 Å². The summed E-state index contributed by atoms with van der Waals surface area (Å²) >= 11 is 12.0. The SMILES string of the molecule is NCC(=O)Nc1cc(Cl)ccc1OCC(=O)N[C@H]1C[C@H]2CC[C@@H](C1)N2Cc1ccc(Cl)cc1. The molecule has 7 nitrogen and oxygen atoms in total. The molecule has 2 fully saturated rings. The fraction of sp³-hybridized carbons (Fsp3) is 0.417. The molecule has 0 radical (unpaired) electrons. The second kappa shape index (κ2) is 10.7. The monoisotopic (exact) mass is 490 g/mol. The van der Waals surface area contributed by atoms with Gasteiger partial charge >= 0.3 is 0 Å². The molecular weight excluding hydrogens is 463 g/mol. The number of fused-ring (bicyclic) bond motifs is 2. The first-order chi connectivity index (χ1) is 15.9. The third kappa shape index (κ3) is 6.18. The lowest BCUT2D eigenvalue weighted by Crippen LogP contribution is -2.50. The maximum atomic E-state index is 12.6. The number of carbonyl (C=O) groups is 2. The van der Waals surface area contributed by atoms with E-state index in [1.54, 1.807) is 18.2 Å². The average molecular weight is 491 g/mol. The molecule has 0 aliphatic carbocycles. The molecule has 176 valence electrons. The summed E-state index contributed by atoms with van der Waals surface area (Å²) < 4.78 is 5.67. The van der Waals surface area contributed by atoms with E-state index in [1.165, 1.54) is 5.56 Å². The fourth-order valence-corrected chi connectivity index (χ4v) is 5.09. The molecule has 0 unspecified atom stereocenters. The number of hydrogen-bond acceptors (Lipinski definition) is 5. The van der Waals surface area contributed by atoms with Gasteiger partial charge in [-0.25, -0.2) is 0 Å². The summed E-state index contributed by atoms with van der Waals surface area (Å²) in [7, 11) is 0. The Hall–Kier alpha value is -2.32. The number of ether oxygens (including phenoxy) is 1. The smallest absolute Gasteiger partial charge is 0.258 e. The molecule has 2 heterocycles. The highest BCUT2D eigenvalue weighted by Gasteiger charge is 2.40. The van der Waals surface area contributed by atoms with E-state index in [0.717, 1.165) is 37.3 Å². The van der Waals surface area contributed by atoms with Gasteiger partial charge in [0.05, 0.1) is 12.2 Å². The van der Waals surface area contributed by atoms with Crippen LogP contribution in [0.5, 0.6) is 5.75 Å². The molecule has 2 aromatic carbocycles. The van der Waals surface area contributed by atoms with Crippen molar-refractivity contribution in [3.05, 3.63) is 58.1 Å². The Labute approximate surface area is 203 Å². The van der Waals surface area contributed by atoms with E-state index < -0.39 is 0 Å². The number of carbonyl (C=O) groups excluding carboxylic acids is 2. The Morgan fingerprint density at radius 2 is 1.67 bits per heavy atom. The van der Waals surface area contributed by atoms with Gasteiger partial charge in [-0.1, -0.05) is 35.3 Å². The van der Waals surface area contributed by atoms with Gasteiger partial charge in [0.25, 0.3) is 5.91 Å². The van der Waals surface area contributed by atoms with Crippen molar-refractivity contribution in [1.82, 2.24) is 10.2 Å². The molecule has 0 saturated carbocycles. The van der Waals surface area contributed by atoms with Gasteiger partial charge in [0.2, 0.25) is 5.91 Å². The number of anilines is 1. The Bertz CT molecular complexity index is 988. The Kier molecular flexibility index (Phi) is 7.75. The van der Waals surface area contributed by atoms with Crippen LogP contribution in [-0.4, -0.2) is 48.0 Å². The van der Waals surface area contributed by atoms with Crippen molar-refractivity contribution < 1.29 is 14.3 Å². The van der Waals surface area contributed by atoms with Crippen LogP contribution in [0.2, 0.25) is 10.0 Å². The molecule has 33 heavy (non-hydrogen) atoms. The summed E-state index contributed by atoms with van der Waals surface area (Å²) in [6, 6.07) is 13.9. The molecule has 3 atom stereocenters. The largest absolute Gasteiger partial charge is 0.482 e. The van der Waals surface area contributed by atoms with Crippen LogP contribution in [0.25, 0.3) is 0 Å². The molecule has 2 saturated heterocycles. The minimum absolute atomic E-state index is 0.127. The van der Waals surface area contributed by atoms with Crippen LogP contribution in [0.3, 0.4) is 0 Å². The lowest BCUT2D eigenvalue weighted by atomic mass is 9.96. The van der Waals surface area contributed by atoms with Gasteiger partial charge in [0.15, 0.2) is 6.61 Å². The van der Waals surface area contributed by atoms with E-state index in [2.05, 4.69) is 27.7 Å². The number of halogens is 2. The van der Waals surface area contributed by atoms with Crippen molar-refractivity contribution >= 4 is 40.7 Å². The van der Waals surface area contributed by atoms with Gasteiger partial charge < -0.3 is 21.1 Å². The van der Waals surface area contributed by atoms with Gasteiger partial charge in [-0.15, -0.1) is 0 Å². The number of hydrogen-bond donors (Lipinski definition) is 3. The first-order valence-electron chi connectivity index (χ1n) is 11.1. The maximum absolute atomic E-state index is 12.6. The summed E-state index contributed by atoms with van der Waals surface area (Å²) in [6.07, 6.45) is 4.15. The van der Waals surface area contributed by atoms with E-state index in [-0.39, 0.29) is 31.0 Å². The lowest BCUT2D eigenvalue weighted by molar-refractivity contribution is -0.124. The van der Waals surface area contributed by atoms with Gasteiger partial charge in [-0.3, -0.25) is 14.5 Å². The summed E-state index contributed by atoms with van der Waals surface area (Å²) in [6.45, 7) is 0.600. The fourth-order valence-electron chi connectivity index (χ4n) is 4.79. The van der Waals surface area contributed by atoms with Crippen molar-refractivity contribution in [2.75, 3.05) is 18.5 Å². The highest BCUT2D eigenvalue weighted by Crippen LogP contribution is 2.37. The molecule has 4 rings (SSSR count). The second-order valence-electron chi connectivity index (χ2n) is 8.60. The number of nitrogens with zero attached hydrogens (tertiary/aromatic N) is 1. The molecule has 2 aliphatic rings. The lowest BCUT2D eigenvalue weighted by Gasteiger charge is -2.39. The molecule has 2 bridgehead atoms. The second-order valence-corrected chi connectivity index (χ2v) is 9.47. The quantitative estimate of drug-likeness (QED) is 0.525. The van der Waals surface area contributed by atoms with Crippen LogP contribution in [0.15, 0.2) is 42.5 Å². The number of amides is 2. The Morgan fingerprint density at radius 1 is 1.00 bits per heavy atom. The predicted molar refractivity (Wildman–Crippen MR) is 130 cm³/mol. The van der Waals surface area contributed by atoms with Crippen LogP contribution in [0, 0.1) is 0 Å². The highest BCUT2D eigenvalue weighted by atomic mass is 35.5. The van der Waals surface area contributed by atoms with Crippen molar-refractivity contribution in [2.24, 2.45) is 5.73 Å². The molecule has 2 aliphatic heterocycles. The molecule has 0 aromatic heterocycles. The first kappa shape index (κ1) is 23.8. The third-order valence-electron chi connectivity index (χ3n) is 6.29. The molecule has 2 aromatic rings. The molecule has 0 spiro atoms. The van der Waals surface area contributed by atoms with Crippen LogP contribution in [-0.2, 0) is 16.1 Å². The number of nitrogens with two attached hydrogens (primary N) is 1. The molecular formula is C24H28Cl2N4O3. The van der Waals surface area contributed by atoms with Crippen LogP contribution < -0.4 is 21.1 Å². The van der Waals surface area contributed by atoms with E-state index in [9.17, 15) is 9.59 Å². The van der Waals surface area contributed by atoms with E-state index in [1.807, 2.05) is 12.1 Å². The van der Waals surface area contributed by atoms with Gasteiger partial charge in [-0.05, 0) is 61.6 Å². The summed E-state index contributed by atoms with van der Waals surface area (Å²) in [5.74, 6) is -0.182. The third-order valence-corrected chi connectivity index (χ3v) is 6.77. The number of benzene rings is 2. The van der Waals surface area contributed by atoms with E-state index in [4.69, 9.17) is 33.7 Å².